The zero-order valence-electron chi connectivity index (χ0n) is 5.75. The van der Waals surface area contributed by atoms with Crippen molar-refractivity contribution in [3.8, 4) is 0 Å². The van der Waals surface area contributed by atoms with Gasteiger partial charge >= 0.3 is 0 Å². The summed E-state index contributed by atoms with van der Waals surface area (Å²) in [5.41, 5.74) is 0. The van der Waals surface area contributed by atoms with Crippen molar-refractivity contribution in [2.75, 3.05) is 5.75 Å². The molecule has 1 rings (SSSR count). The van der Waals surface area contributed by atoms with Crippen molar-refractivity contribution < 1.29 is 8.78 Å². The SMILES string of the molecule is Cc1nnc(SCC(F)F)s1. The normalized spacial score (nSPS) is 10.9. The molecule has 11 heavy (non-hydrogen) atoms. The molecule has 0 atom stereocenters. The third-order valence-electron chi connectivity index (χ3n) is 0.840. The summed E-state index contributed by atoms with van der Waals surface area (Å²) < 4.78 is 23.9. The van der Waals surface area contributed by atoms with Gasteiger partial charge in [0.1, 0.15) is 5.01 Å². The van der Waals surface area contributed by atoms with Crippen molar-refractivity contribution in [3.63, 3.8) is 0 Å². The van der Waals surface area contributed by atoms with Crippen LogP contribution in [0.25, 0.3) is 0 Å². The Morgan fingerprint density at radius 3 is 2.73 bits per heavy atom. The fourth-order valence-electron chi connectivity index (χ4n) is 0.471. The number of hydrogen-bond acceptors (Lipinski definition) is 4. The van der Waals surface area contributed by atoms with Crippen LogP contribution < -0.4 is 0 Å². The fourth-order valence-corrected chi connectivity index (χ4v) is 2.06. The van der Waals surface area contributed by atoms with Gasteiger partial charge in [-0.2, -0.15) is 0 Å². The van der Waals surface area contributed by atoms with E-state index in [0.717, 1.165) is 16.8 Å². The van der Waals surface area contributed by atoms with E-state index >= 15 is 0 Å². The second-order valence-corrected chi connectivity index (χ2v) is 4.24. The van der Waals surface area contributed by atoms with Gasteiger partial charge in [0, 0.05) is 0 Å². The predicted molar refractivity (Wildman–Crippen MR) is 41.4 cm³/mol. The van der Waals surface area contributed by atoms with E-state index in [2.05, 4.69) is 10.2 Å². The molecule has 2 nitrogen and oxygen atoms in total. The van der Waals surface area contributed by atoms with Crippen LogP contribution in [0.4, 0.5) is 8.78 Å². The first-order chi connectivity index (χ1) is 5.18. The van der Waals surface area contributed by atoms with Crippen LogP contribution >= 0.6 is 23.1 Å². The third-order valence-corrected chi connectivity index (χ3v) is 2.82. The lowest BCUT2D eigenvalue weighted by Gasteiger charge is -1.92. The Kier molecular flexibility index (Phi) is 3.19. The van der Waals surface area contributed by atoms with Crippen LogP contribution in [0, 0.1) is 6.92 Å². The zero-order valence-corrected chi connectivity index (χ0v) is 7.38. The topological polar surface area (TPSA) is 25.8 Å². The molecule has 0 saturated carbocycles. The minimum atomic E-state index is -2.27. The summed E-state index contributed by atoms with van der Waals surface area (Å²) in [5, 5.41) is 8.19. The number of alkyl halides is 2. The molecule has 0 aliphatic rings. The van der Waals surface area contributed by atoms with Crippen molar-refractivity contribution in [1.82, 2.24) is 10.2 Å². The Morgan fingerprint density at radius 2 is 2.27 bits per heavy atom. The number of aromatic nitrogens is 2. The lowest BCUT2D eigenvalue weighted by Crippen LogP contribution is -1.92. The molecule has 0 N–H and O–H groups in total. The van der Waals surface area contributed by atoms with Gasteiger partial charge in [-0.3, -0.25) is 0 Å². The summed E-state index contributed by atoms with van der Waals surface area (Å²) in [4.78, 5) is 0. The molecule has 6 heteroatoms. The van der Waals surface area contributed by atoms with Gasteiger partial charge in [-0.25, -0.2) is 8.78 Å². The molecule has 0 amide bonds. The van der Waals surface area contributed by atoms with Crippen molar-refractivity contribution in [3.05, 3.63) is 5.01 Å². The molecule has 0 radical (unpaired) electrons. The molecule has 1 heterocycles. The van der Waals surface area contributed by atoms with E-state index in [1.807, 2.05) is 0 Å². The maximum atomic E-state index is 11.7. The average Bonchev–Trinajstić information content (AvgIpc) is 2.31. The van der Waals surface area contributed by atoms with Gasteiger partial charge in [0.2, 0.25) is 6.43 Å². The lowest BCUT2D eigenvalue weighted by atomic mass is 10.9. The number of nitrogens with zero attached hydrogens (tertiary/aromatic N) is 2. The molecule has 0 saturated heterocycles. The molecule has 0 aliphatic heterocycles. The summed E-state index contributed by atoms with van der Waals surface area (Å²) in [5.74, 6) is -0.200. The summed E-state index contributed by atoms with van der Waals surface area (Å²) >= 11 is 2.38. The van der Waals surface area contributed by atoms with E-state index in [9.17, 15) is 8.78 Å². The van der Waals surface area contributed by atoms with Crippen molar-refractivity contribution in [1.29, 1.82) is 0 Å². The van der Waals surface area contributed by atoms with E-state index in [-0.39, 0.29) is 5.75 Å². The fraction of sp³-hybridized carbons (Fsp3) is 0.600. The highest BCUT2D eigenvalue weighted by Gasteiger charge is 2.06. The Hall–Kier alpha value is -0.230. The van der Waals surface area contributed by atoms with E-state index in [4.69, 9.17) is 0 Å². The molecule has 1 aromatic rings. The molecular formula is C5H6F2N2S2. The average molecular weight is 196 g/mol. The van der Waals surface area contributed by atoms with Crippen molar-refractivity contribution in [2.24, 2.45) is 0 Å². The lowest BCUT2D eigenvalue weighted by molar-refractivity contribution is 0.177. The maximum absolute atomic E-state index is 11.7. The molecule has 0 fully saturated rings. The van der Waals surface area contributed by atoms with E-state index < -0.39 is 6.43 Å². The quantitative estimate of drug-likeness (QED) is 0.693. The Balaban J connectivity index is 2.39. The maximum Gasteiger partial charge on any atom is 0.248 e. The van der Waals surface area contributed by atoms with E-state index in [0.29, 0.717) is 4.34 Å². The minimum Gasteiger partial charge on any atom is -0.210 e. The molecular weight excluding hydrogens is 190 g/mol. The largest absolute Gasteiger partial charge is 0.248 e. The highest BCUT2D eigenvalue weighted by Crippen LogP contribution is 2.23. The second kappa shape index (κ2) is 3.96. The molecule has 0 aromatic carbocycles. The van der Waals surface area contributed by atoms with Crippen LogP contribution in [-0.4, -0.2) is 22.4 Å². The first-order valence-electron chi connectivity index (χ1n) is 2.89. The minimum absolute atomic E-state index is 0.200. The van der Waals surface area contributed by atoms with Gasteiger partial charge in [0.15, 0.2) is 4.34 Å². The van der Waals surface area contributed by atoms with Crippen molar-refractivity contribution >= 4 is 23.1 Å². The molecule has 1 aromatic heterocycles. The molecule has 0 bridgehead atoms. The smallest absolute Gasteiger partial charge is 0.210 e. The second-order valence-electron chi connectivity index (χ2n) is 1.79. The first kappa shape index (κ1) is 8.86. The number of rotatable bonds is 3. The predicted octanol–water partition coefficient (Wildman–Crippen LogP) is 2.20. The summed E-state index contributed by atoms with van der Waals surface area (Å²) in [6.07, 6.45) is -2.27. The van der Waals surface area contributed by atoms with E-state index in [1.165, 1.54) is 11.3 Å². The highest BCUT2D eigenvalue weighted by molar-refractivity contribution is 8.01. The molecule has 0 spiro atoms. The first-order valence-corrected chi connectivity index (χ1v) is 4.70. The summed E-state index contributed by atoms with van der Waals surface area (Å²) in [7, 11) is 0. The Bertz CT molecular complexity index is 226. The van der Waals surface area contributed by atoms with Crippen molar-refractivity contribution in [2.45, 2.75) is 17.7 Å². The third kappa shape index (κ3) is 3.11. The van der Waals surface area contributed by atoms with Crippen LogP contribution in [0.1, 0.15) is 5.01 Å². The van der Waals surface area contributed by atoms with Gasteiger partial charge in [-0.1, -0.05) is 23.1 Å². The van der Waals surface area contributed by atoms with Gasteiger partial charge in [-0.15, -0.1) is 10.2 Å². The van der Waals surface area contributed by atoms with Gasteiger partial charge < -0.3 is 0 Å². The molecule has 62 valence electrons. The number of hydrogen-bond donors (Lipinski definition) is 0. The van der Waals surface area contributed by atoms with Crippen LogP contribution in [0.5, 0.6) is 0 Å². The van der Waals surface area contributed by atoms with Gasteiger partial charge in [-0.05, 0) is 6.92 Å². The number of aryl methyl sites for hydroxylation is 1. The van der Waals surface area contributed by atoms with Gasteiger partial charge in [0.25, 0.3) is 0 Å². The standard InChI is InChI=1S/C5H6F2N2S2/c1-3-8-9-5(11-3)10-2-4(6)7/h4H,2H2,1H3. The van der Waals surface area contributed by atoms with Crippen LogP contribution in [-0.2, 0) is 0 Å². The molecule has 0 aliphatic carbocycles. The van der Waals surface area contributed by atoms with Crippen LogP contribution in [0.15, 0.2) is 4.34 Å². The monoisotopic (exact) mass is 196 g/mol. The highest BCUT2D eigenvalue weighted by atomic mass is 32.2. The zero-order chi connectivity index (χ0) is 8.27. The summed E-state index contributed by atoms with van der Waals surface area (Å²) in [6, 6.07) is 0. The Labute approximate surface area is 71.0 Å². The van der Waals surface area contributed by atoms with Crippen LogP contribution in [0.2, 0.25) is 0 Å². The summed E-state index contributed by atoms with van der Waals surface area (Å²) in [6.45, 7) is 1.80. The number of halogens is 2. The Morgan fingerprint density at radius 1 is 1.55 bits per heavy atom. The number of thioether (sulfide) groups is 1. The van der Waals surface area contributed by atoms with Gasteiger partial charge in [0.05, 0.1) is 5.75 Å². The van der Waals surface area contributed by atoms with Crippen LogP contribution in [0.3, 0.4) is 0 Å². The molecule has 0 unspecified atom stereocenters. The van der Waals surface area contributed by atoms with E-state index in [1.54, 1.807) is 6.92 Å².